The Morgan fingerprint density at radius 2 is 2.00 bits per heavy atom. The number of amides is 1. The van der Waals surface area contributed by atoms with Gasteiger partial charge < -0.3 is 10.6 Å². The lowest BCUT2D eigenvalue weighted by Gasteiger charge is -2.32. The Hall–Kier alpha value is -1.18. The van der Waals surface area contributed by atoms with Gasteiger partial charge in [0, 0.05) is 25.0 Å². The van der Waals surface area contributed by atoms with Gasteiger partial charge in [0.15, 0.2) is 9.84 Å². The van der Waals surface area contributed by atoms with E-state index in [2.05, 4.69) is 0 Å². The summed E-state index contributed by atoms with van der Waals surface area (Å²) in [5.74, 6) is -1.63. The van der Waals surface area contributed by atoms with Gasteiger partial charge in [0.25, 0.3) is 0 Å². The molecule has 0 aliphatic carbocycles. The molecule has 0 bridgehead atoms. The largest absolute Gasteiger partial charge is 0.341 e. The number of sulfone groups is 1. The number of hydrogen-bond acceptors (Lipinski definition) is 4. The first-order chi connectivity index (χ1) is 10.3. The van der Waals surface area contributed by atoms with E-state index in [1.54, 1.807) is 11.8 Å². The van der Waals surface area contributed by atoms with Crippen molar-refractivity contribution in [3.63, 3.8) is 0 Å². The second-order valence-corrected chi connectivity index (χ2v) is 7.86. The van der Waals surface area contributed by atoms with Crippen molar-refractivity contribution in [2.24, 2.45) is 11.7 Å². The third-order valence-electron chi connectivity index (χ3n) is 3.83. The number of rotatable bonds is 4. The van der Waals surface area contributed by atoms with E-state index < -0.39 is 21.6 Å². The second-order valence-electron chi connectivity index (χ2n) is 5.82. The molecule has 0 aromatic heterocycles. The maximum atomic E-state index is 12.9. The fourth-order valence-corrected chi connectivity index (χ4v) is 4.20. The number of halogens is 2. The van der Waals surface area contributed by atoms with Gasteiger partial charge in [-0.2, -0.15) is 0 Å². The van der Waals surface area contributed by atoms with Gasteiger partial charge in [-0.1, -0.05) is 6.92 Å². The van der Waals surface area contributed by atoms with Crippen LogP contribution in [0.25, 0.3) is 0 Å². The highest BCUT2D eigenvalue weighted by Crippen LogP contribution is 2.18. The topological polar surface area (TPSA) is 80.5 Å². The van der Waals surface area contributed by atoms with Gasteiger partial charge in [0.05, 0.1) is 10.6 Å². The first-order valence-electron chi connectivity index (χ1n) is 7.32. The van der Waals surface area contributed by atoms with Crippen molar-refractivity contribution in [1.29, 1.82) is 0 Å². The van der Waals surface area contributed by atoms with E-state index in [9.17, 15) is 17.6 Å². The van der Waals surface area contributed by atoms with Crippen LogP contribution in [0.4, 0.5) is 4.39 Å². The summed E-state index contributed by atoms with van der Waals surface area (Å²) >= 11 is 0. The van der Waals surface area contributed by atoms with E-state index in [-0.39, 0.29) is 35.0 Å². The molecule has 130 valence electrons. The molecule has 2 rings (SSSR count). The summed E-state index contributed by atoms with van der Waals surface area (Å²) in [6.45, 7) is 2.69. The molecule has 5 nitrogen and oxygen atoms in total. The number of likely N-dealkylation sites (tertiary alicyclic amines) is 1. The normalized spacial score (nSPS) is 19.8. The first kappa shape index (κ1) is 19.9. The first-order valence-corrected chi connectivity index (χ1v) is 8.97. The zero-order valence-electron chi connectivity index (χ0n) is 12.9. The zero-order valence-corrected chi connectivity index (χ0v) is 14.6. The maximum absolute atomic E-state index is 12.9. The summed E-state index contributed by atoms with van der Waals surface area (Å²) in [5.41, 5.74) is 5.85. The summed E-state index contributed by atoms with van der Waals surface area (Å²) in [5, 5.41) is 0. The fraction of sp³-hybridized carbons (Fsp3) is 0.533. The minimum atomic E-state index is -3.62. The van der Waals surface area contributed by atoms with Crippen LogP contribution in [-0.2, 0) is 14.6 Å². The maximum Gasteiger partial charge on any atom is 0.226 e. The molecule has 1 heterocycles. The number of nitrogens with zero attached hydrogens (tertiary/aromatic N) is 1. The van der Waals surface area contributed by atoms with Crippen molar-refractivity contribution in [2.45, 2.75) is 30.7 Å². The molecular formula is C15H22ClFN2O3S. The molecule has 1 aliphatic rings. The van der Waals surface area contributed by atoms with Gasteiger partial charge in [-0.3, -0.25) is 4.79 Å². The Morgan fingerprint density at radius 1 is 1.39 bits per heavy atom. The van der Waals surface area contributed by atoms with E-state index in [1.165, 1.54) is 12.1 Å². The van der Waals surface area contributed by atoms with Crippen LogP contribution >= 0.6 is 12.4 Å². The van der Waals surface area contributed by atoms with E-state index in [0.29, 0.717) is 13.1 Å². The zero-order chi connectivity index (χ0) is 16.3. The highest BCUT2D eigenvalue weighted by Gasteiger charge is 2.29. The molecule has 0 saturated carbocycles. The van der Waals surface area contributed by atoms with E-state index in [1.807, 2.05) is 0 Å². The van der Waals surface area contributed by atoms with Crippen LogP contribution in [-0.4, -0.2) is 44.1 Å². The van der Waals surface area contributed by atoms with Crippen molar-refractivity contribution in [3.8, 4) is 0 Å². The second kappa shape index (κ2) is 8.08. The van der Waals surface area contributed by atoms with Crippen LogP contribution in [0.2, 0.25) is 0 Å². The van der Waals surface area contributed by atoms with Crippen molar-refractivity contribution in [3.05, 3.63) is 30.1 Å². The highest BCUT2D eigenvalue weighted by molar-refractivity contribution is 7.91. The fourth-order valence-electron chi connectivity index (χ4n) is 2.66. The minimum absolute atomic E-state index is 0. The van der Waals surface area contributed by atoms with Crippen LogP contribution in [0.3, 0.4) is 0 Å². The molecule has 1 aromatic rings. The molecule has 2 N–H and O–H groups in total. The molecule has 8 heteroatoms. The number of hydrogen-bond donors (Lipinski definition) is 1. The summed E-state index contributed by atoms with van der Waals surface area (Å²) in [4.78, 5) is 14.0. The average molecular weight is 365 g/mol. The number of carbonyl (C=O) groups is 1. The van der Waals surface area contributed by atoms with E-state index in [0.717, 1.165) is 25.0 Å². The summed E-state index contributed by atoms with van der Waals surface area (Å²) in [6.07, 6.45) is 1.72. The predicted octanol–water partition coefficient (Wildman–Crippen LogP) is 1.61. The third-order valence-corrected chi connectivity index (χ3v) is 5.76. The van der Waals surface area contributed by atoms with Crippen molar-refractivity contribution in [1.82, 2.24) is 4.90 Å². The van der Waals surface area contributed by atoms with Gasteiger partial charge in [-0.15, -0.1) is 12.4 Å². The Morgan fingerprint density at radius 3 is 2.57 bits per heavy atom. The van der Waals surface area contributed by atoms with Crippen LogP contribution in [0.5, 0.6) is 0 Å². The SMILES string of the molecule is CC(CS(=O)(=O)c1ccc(F)cc1)C(=O)N1CCCC(N)C1.Cl. The van der Waals surface area contributed by atoms with Gasteiger partial charge in [-0.25, -0.2) is 12.8 Å². The van der Waals surface area contributed by atoms with Crippen LogP contribution in [0.1, 0.15) is 19.8 Å². The molecule has 1 aromatic carbocycles. The van der Waals surface area contributed by atoms with Crippen LogP contribution < -0.4 is 5.73 Å². The van der Waals surface area contributed by atoms with Gasteiger partial charge in [-0.05, 0) is 37.1 Å². The van der Waals surface area contributed by atoms with Gasteiger partial charge in [0.1, 0.15) is 5.82 Å². The molecule has 0 spiro atoms. The predicted molar refractivity (Wildman–Crippen MR) is 88.7 cm³/mol. The summed E-state index contributed by atoms with van der Waals surface area (Å²) < 4.78 is 37.5. The molecule has 23 heavy (non-hydrogen) atoms. The number of benzene rings is 1. The van der Waals surface area contributed by atoms with Crippen LogP contribution in [0, 0.1) is 11.7 Å². The molecule has 1 saturated heterocycles. The van der Waals surface area contributed by atoms with Crippen LogP contribution in [0.15, 0.2) is 29.2 Å². The van der Waals surface area contributed by atoms with Crippen molar-refractivity contribution in [2.75, 3.05) is 18.8 Å². The number of nitrogens with two attached hydrogens (primary N) is 1. The molecule has 1 amide bonds. The molecule has 1 aliphatic heterocycles. The minimum Gasteiger partial charge on any atom is -0.341 e. The molecular weight excluding hydrogens is 343 g/mol. The number of carbonyl (C=O) groups excluding carboxylic acids is 1. The standard InChI is InChI=1S/C15H21FN2O3S.ClH/c1-11(15(19)18-8-2-3-13(17)9-18)10-22(20,21)14-6-4-12(16)5-7-14;/h4-7,11,13H,2-3,8-10,17H2,1H3;1H. The third kappa shape index (κ3) is 5.16. The molecule has 1 fully saturated rings. The lowest BCUT2D eigenvalue weighted by atomic mass is 10.0. The van der Waals surface area contributed by atoms with E-state index >= 15 is 0 Å². The average Bonchev–Trinajstić information content (AvgIpc) is 2.46. The molecule has 2 unspecified atom stereocenters. The van der Waals surface area contributed by atoms with Crippen molar-refractivity contribution < 1.29 is 17.6 Å². The summed E-state index contributed by atoms with van der Waals surface area (Å²) in [6, 6.07) is 4.60. The van der Waals surface area contributed by atoms with Gasteiger partial charge >= 0.3 is 0 Å². The quantitative estimate of drug-likeness (QED) is 0.823. The Balaban J connectivity index is 0.00000264. The van der Waals surface area contributed by atoms with Gasteiger partial charge in [0.2, 0.25) is 5.91 Å². The lowest BCUT2D eigenvalue weighted by molar-refractivity contribution is -0.135. The smallest absolute Gasteiger partial charge is 0.226 e. The Labute approximate surface area is 142 Å². The Kier molecular flexibility index (Phi) is 6.98. The highest BCUT2D eigenvalue weighted by atomic mass is 35.5. The summed E-state index contributed by atoms with van der Waals surface area (Å²) in [7, 11) is -3.62. The monoisotopic (exact) mass is 364 g/mol. The van der Waals surface area contributed by atoms with Crippen molar-refractivity contribution >= 4 is 28.2 Å². The molecule has 0 radical (unpaired) electrons. The Bertz CT molecular complexity index is 637. The number of piperidine rings is 1. The lowest BCUT2D eigenvalue weighted by Crippen LogP contribution is -2.48. The van der Waals surface area contributed by atoms with E-state index in [4.69, 9.17) is 5.73 Å². The molecule has 2 atom stereocenters.